The summed E-state index contributed by atoms with van der Waals surface area (Å²) in [6.45, 7) is 2.22. The Morgan fingerprint density at radius 2 is 1.88 bits per heavy atom. The highest BCUT2D eigenvalue weighted by atomic mass is 79.9. The van der Waals surface area contributed by atoms with E-state index in [1.165, 1.54) is 43.4 Å². The van der Waals surface area contributed by atoms with Crippen LogP contribution in [-0.4, -0.2) is 5.78 Å². The van der Waals surface area contributed by atoms with E-state index in [1.807, 2.05) is 12.1 Å². The quantitative estimate of drug-likeness (QED) is 0.461. The highest BCUT2D eigenvalue weighted by molar-refractivity contribution is 9.11. The summed E-state index contributed by atoms with van der Waals surface area (Å²) in [4.78, 5) is 12.6. The van der Waals surface area contributed by atoms with Gasteiger partial charge >= 0.3 is 0 Å². The van der Waals surface area contributed by atoms with E-state index in [1.54, 1.807) is 0 Å². The summed E-state index contributed by atoms with van der Waals surface area (Å²) < 4.78 is 1.04. The van der Waals surface area contributed by atoms with E-state index < -0.39 is 0 Å². The highest BCUT2D eigenvalue weighted by Gasteiger charge is 2.07. The zero-order valence-corrected chi connectivity index (χ0v) is 12.2. The lowest BCUT2D eigenvalue weighted by molar-refractivity contribution is 0.0983. The van der Waals surface area contributed by atoms with Crippen molar-refractivity contribution in [2.75, 3.05) is 0 Å². The van der Waals surface area contributed by atoms with Crippen molar-refractivity contribution >= 4 is 33.0 Å². The molecule has 0 aliphatic carbocycles. The van der Waals surface area contributed by atoms with E-state index in [0.29, 0.717) is 12.2 Å². The third-order valence-corrected chi connectivity index (χ3v) is 4.27. The van der Waals surface area contributed by atoms with Gasteiger partial charge in [-0.1, -0.05) is 39.0 Å². The molecule has 0 saturated carbocycles. The third-order valence-electron chi connectivity index (χ3n) is 2.61. The number of hydrogen-bond donors (Lipinski definition) is 0. The van der Waals surface area contributed by atoms with Crippen molar-refractivity contribution in [3.63, 3.8) is 0 Å². The second-order valence-corrected chi connectivity index (χ2v) is 6.51. The summed E-state index contributed by atoms with van der Waals surface area (Å²) in [6, 6.07) is 3.85. The van der Waals surface area contributed by atoms with Crippen molar-refractivity contribution in [3.8, 4) is 0 Å². The van der Waals surface area contributed by atoms with Gasteiger partial charge in [0, 0.05) is 6.42 Å². The fourth-order valence-electron chi connectivity index (χ4n) is 1.65. The molecule has 1 nitrogen and oxygen atoms in total. The molecule has 1 heterocycles. The molecule has 0 fully saturated rings. The van der Waals surface area contributed by atoms with Gasteiger partial charge in [0.2, 0.25) is 0 Å². The zero-order chi connectivity index (χ0) is 11.8. The van der Waals surface area contributed by atoms with Gasteiger partial charge in [-0.05, 0) is 34.5 Å². The van der Waals surface area contributed by atoms with Crippen LogP contribution >= 0.6 is 27.3 Å². The second kappa shape index (κ2) is 8.02. The van der Waals surface area contributed by atoms with Gasteiger partial charge in [-0.2, -0.15) is 0 Å². The number of halogens is 1. The summed E-state index contributed by atoms with van der Waals surface area (Å²) >= 11 is 4.91. The standard InChI is InChI=1S/C13H19BrOS/c1-2-3-4-5-6-7-8-11(15)12-9-10-13(14)16-12/h9-10H,2-8H2,1H3. The van der Waals surface area contributed by atoms with Crippen LogP contribution < -0.4 is 0 Å². The molecule has 0 bridgehead atoms. The van der Waals surface area contributed by atoms with Gasteiger partial charge in [-0.3, -0.25) is 4.79 Å². The molecule has 1 aromatic heterocycles. The molecule has 0 atom stereocenters. The molecule has 1 aromatic rings. The van der Waals surface area contributed by atoms with Gasteiger partial charge in [-0.25, -0.2) is 0 Å². The molecule has 0 saturated heterocycles. The molecule has 0 amide bonds. The average molecular weight is 303 g/mol. The average Bonchev–Trinajstić information content (AvgIpc) is 2.70. The smallest absolute Gasteiger partial charge is 0.172 e. The molecule has 0 radical (unpaired) electrons. The lowest BCUT2D eigenvalue weighted by Crippen LogP contribution is -1.95. The van der Waals surface area contributed by atoms with Crippen LogP contribution in [-0.2, 0) is 0 Å². The van der Waals surface area contributed by atoms with Gasteiger partial charge in [0.1, 0.15) is 0 Å². The first kappa shape index (κ1) is 13.9. The summed E-state index contributed by atoms with van der Waals surface area (Å²) in [5, 5.41) is 0. The molecular formula is C13H19BrOS. The monoisotopic (exact) mass is 302 g/mol. The predicted octanol–water partition coefficient (Wildman–Crippen LogP) is 5.44. The molecule has 16 heavy (non-hydrogen) atoms. The van der Waals surface area contributed by atoms with Crippen LogP contribution in [0.4, 0.5) is 0 Å². The van der Waals surface area contributed by atoms with E-state index in [4.69, 9.17) is 0 Å². The molecule has 0 unspecified atom stereocenters. The van der Waals surface area contributed by atoms with Crippen LogP contribution in [0.3, 0.4) is 0 Å². The molecule has 0 aliphatic rings. The fraction of sp³-hybridized carbons (Fsp3) is 0.615. The maximum atomic E-state index is 11.7. The van der Waals surface area contributed by atoms with Crippen LogP contribution in [0.25, 0.3) is 0 Å². The van der Waals surface area contributed by atoms with E-state index in [0.717, 1.165) is 15.1 Å². The topological polar surface area (TPSA) is 17.1 Å². The molecule has 3 heteroatoms. The Balaban J connectivity index is 2.11. The Labute approximate surface area is 110 Å². The van der Waals surface area contributed by atoms with Crippen LogP contribution in [0, 0.1) is 0 Å². The number of unbranched alkanes of at least 4 members (excludes halogenated alkanes) is 5. The summed E-state index contributed by atoms with van der Waals surface area (Å²) in [5.41, 5.74) is 0. The Kier molecular flexibility index (Phi) is 6.97. The Morgan fingerprint density at radius 1 is 1.19 bits per heavy atom. The van der Waals surface area contributed by atoms with Crippen molar-refractivity contribution in [1.29, 1.82) is 0 Å². The Bertz CT molecular complexity index is 319. The van der Waals surface area contributed by atoms with Gasteiger partial charge in [-0.15, -0.1) is 11.3 Å². The fourth-order valence-corrected chi connectivity index (χ4v) is 3.01. The van der Waals surface area contributed by atoms with Crippen LogP contribution in [0.2, 0.25) is 0 Å². The second-order valence-electron chi connectivity index (χ2n) is 4.04. The normalized spacial score (nSPS) is 10.6. The minimum absolute atomic E-state index is 0.297. The van der Waals surface area contributed by atoms with Crippen molar-refractivity contribution < 1.29 is 4.79 Å². The first-order chi connectivity index (χ1) is 7.74. The Morgan fingerprint density at radius 3 is 2.50 bits per heavy atom. The van der Waals surface area contributed by atoms with Crippen LogP contribution in [0.15, 0.2) is 15.9 Å². The molecule has 0 spiro atoms. The first-order valence-corrected chi connectivity index (χ1v) is 7.63. The van der Waals surface area contributed by atoms with E-state index in [-0.39, 0.29) is 0 Å². The minimum Gasteiger partial charge on any atom is -0.293 e. The van der Waals surface area contributed by atoms with E-state index in [9.17, 15) is 4.79 Å². The van der Waals surface area contributed by atoms with Gasteiger partial charge < -0.3 is 0 Å². The number of hydrogen-bond acceptors (Lipinski definition) is 2. The third kappa shape index (κ3) is 5.26. The zero-order valence-electron chi connectivity index (χ0n) is 9.80. The van der Waals surface area contributed by atoms with Crippen LogP contribution in [0.5, 0.6) is 0 Å². The van der Waals surface area contributed by atoms with Gasteiger partial charge in [0.25, 0.3) is 0 Å². The maximum Gasteiger partial charge on any atom is 0.172 e. The maximum absolute atomic E-state index is 11.7. The van der Waals surface area contributed by atoms with Crippen LogP contribution in [0.1, 0.15) is 61.5 Å². The lowest BCUT2D eigenvalue weighted by atomic mass is 10.1. The number of thiophene rings is 1. The molecule has 1 rings (SSSR count). The van der Waals surface area contributed by atoms with Crippen molar-refractivity contribution in [1.82, 2.24) is 0 Å². The number of carbonyl (C=O) groups is 1. The Hall–Kier alpha value is -0.150. The summed E-state index contributed by atoms with van der Waals surface area (Å²) in [6.07, 6.45) is 8.13. The summed E-state index contributed by atoms with van der Waals surface area (Å²) in [7, 11) is 0. The first-order valence-electron chi connectivity index (χ1n) is 6.02. The van der Waals surface area contributed by atoms with Crippen molar-refractivity contribution in [3.05, 3.63) is 20.8 Å². The lowest BCUT2D eigenvalue weighted by Gasteiger charge is -1.99. The SMILES string of the molecule is CCCCCCCCC(=O)c1ccc(Br)s1. The molecule has 0 N–H and O–H groups in total. The minimum atomic E-state index is 0.297. The summed E-state index contributed by atoms with van der Waals surface area (Å²) in [5.74, 6) is 0.297. The molecular weight excluding hydrogens is 284 g/mol. The molecule has 0 aromatic carbocycles. The van der Waals surface area contributed by atoms with E-state index >= 15 is 0 Å². The predicted molar refractivity (Wildman–Crippen MR) is 74.3 cm³/mol. The largest absolute Gasteiger partial charge is 0.293 e. The van der Waals surface area contributed by atoms with Gasteiger partial charge in [0.05, 0.1) is 8.66 Å². The number of carbonyl (C=O) groups excluding carboxylic acids is 1. The van der Waals surface area contributed by atoms with Gasteiger partial charge in [0.15, 0.2) is 5.78 Å². The molecule has 90 valence electrons. The number of ketones is 1. The number of Topliss-reactive ketones (excluding diaryl/α,β-unsaturated/α-hetero) is 1. The van der Waals surface area contributed by atoms with E-state index in [2.05, 4.69) is 22.9 Å². The molecule has 0 aliphatic heterocycles. The highest BCUT2D eigenvalue weighted by Crippen LogP contribution is 2.23. The van der Waals surface area contributed by atoms with Crippen molar-refractivity contribution in [2.24, 2.45) is 0 Å². The number of rotatable bonds is 8. The van der Waals surface area contributed by atoms with Crippen molar-refractivity contribution in [2.45, 2.75) is 51.9 Å².